The van der Waals surface area contributed by atoms with E-state index in [9.17, 15) is 13.5 Å². The highest BCUT2D eigenvalue weighted by atomic mass is 35.5. The third-order valence-corrected chi connectivity index (χ3v) is 3.84. The van der Waals surface area contributed by atoms with E-state index in [0.717, 1.165) is 0 Å². The van der Waals surface area contributed by atoms with Crippen LogP contribution in [0.15, 0.2) is 29.2 Å². The van der Waals surface area contributed by atoms with Gasteiger partial charge in [-0.15, -0.1) is 0 Å². The average Bonchev–Trinajstić information content (AvgIpc) is 2.27. The molecule has 102 valence electrons. The smallest absolute Gasteiger partial charge is 0.240 e. The second-order valence-corrected chi connectivity index (χ2v) is 6.42. The van der Waals surface area contributed by atoms with Crippen LogP contribution in [0.2, 0.25) is 5.02 Å². The molecule has 1 unspecified atom stereocenters. The Kier molecular flexibility index (Phi) is 5.12. The molecule has 18 heavy (non-hydrogen) atoms. The largest absolute Gasteiger partial charge is 0.386 e. The highest BCUT2D eigenvalue weighted by Gasteiger charge is 2.24. The maximum absolute atomic E-state index is 11.9. The van der Waals surface area contributed by atoms with E-state index < -0.39 is 15.6 Å². The maximum Gasteiger partial charge on any atom is 0.240 e. The lowest BCUT2D eigenvalue weighted by molar-refractivity contribution is -0.0119. The van der Waals surface area contributed by atoms with Crippen LogP contribution in [-0.4, -0.2) is 39.4 Å². The maximum atomic E-state index is 11.9. The summed E-state index contributed by atoms with van der Waals surface area (Å²) in [6.07, 6.45) is 0. The van der Waals surface area contributed by atoms with Crippen LogP contribution >= 0.6 is 11.6 Å². The zero-order valence-corrected chi connectivity index (χ0v) is 11.8. The number of rotatable bonds is 6. The number of hydrogen-bond donors (Lipinski definition) is 2. The van der Waals surface area contributed by atoms with Crippen molar-refractivity contribution in [3.63, 3.8) is 0 Å². The van der Waals surface area contributed by atoms with E-state index in [4.69, 9.17) is 16.3 Å². The van der Waals surface area contributed by atoms with Crippen molar-refractivity contribution in [3.05, 3.63) is 29.3 Å². The van der Waals surface area contributed by atoms with Crippen LogP contribution in [-0.2, 0) is 14.8 Å². The van der Waals surface area contributed by atoms with Gasteiger partial charge in [0.25, 0.3) is 0 Å². The highest BCUT2D eigenvalue weighted by Crippen LogP contribution is 2.15. The zero-order chi connectivity index (χ0) is 13.8. The summed E-state index contributed by atoms with van der Waals surface area (Å²) < 4.78 is 30.9. The van der Waals surface area contributed by atoms with Gasteiger partial charge in [-0.25, -0.2) is 13.1 Å². The fraction of sp³-hybridized carbons (Fsp3) is 0.455. The van der Waals surface area contributed by atoms with Crippen LogP contribution in [0.25, 0.3) is 0 Å². The fourth-order valence-corrected chi connectivity index (χ4v) is 2.79. The highest BCUT2D eigenvalue weighted by molar-refractivity contribution is 7.89. The number of benzene rings is 1. The molecule has 2 N–H and O–H groups in total. The minimum Gasteiger partial charge on any atom is -0.386 e. The monoisotopic (exact) mass is 293 g/mol. The van der Waals surface area contributed by atoms with E-state index in [2.05, 4.69) is 4.72 Å². The van der Waals surface area contributed by atoms with Crippen molar-refractivity contribution < 1.29 is 18.3 Å². The first-order valence-corrected chi connectivity index (χ1v) is 7.09. The summed E-state index contributed by atoms with van der Waals surface area (Å²) in [6, 6.07) is 5.90. The fourth-order valence-electron chi connectivity index (χ4n) is 1.33. The number of methoxy groups -OCH3 is 1. The van der Waals surface area contributed by atoms with Gasteiger partial charge in [-0.3, -0.25) is 0 Å². The van der Waals surface area contributed by atoms with Crippen LogP contribution in [0.1, 0.15) is 6.92 Å². The van der Waals surface area contributed by atoms with Crippen molar-refractivity contribution in [2.24, 2.45) is 0 Å². The molecule has 0 spiro atoms. The van der Waals surface area contributed by atoms with Gasteiger partial charge in [0.15, 0.2) is 0 Å². The van der Waals surface area contributed by atoms with Crippen molar-refractivity contribution in [1.29, 1.82) is 0 Å². The Labute approximate surface area is 112 Å². The van der Waals surface area contributed by atoms with Gasteiger partial charge in [0, 0.05) is 18.7 Å². The van der Waals surface area contributed by atoms with Gasteiger partial charge in [0.1, 0.15) is 0 Å². The lowest BCUT2D eigenvalue weighted by atomic mass is 10.1. The van der Waals surface area contributed by atoms with Crippen molar-refractivity contribution in [2.45, 2.75) is 17.4 Å². The molecule has 0 aliphatic heterocycles. The molecule has 0 saturated carbocycles. The van der Waals surface area contributed by atoms with E-state index in [1.165, 1.54) is 26.2 Å². The summed E-state index contributed by atoms with van der Waals surface area (Å²) in [5.74, 6) is 0. The van der Waals surface area contributed by atoms with Crippen LogP contribution in [0.4, 0.5) is 0 Å². The summed E-state index contributed by atoms with van der Waals surface area (Å²) in [5, 5.41) is 10.1. The van der Waals surface area contributed by atoms with Gasteiger partial charge in [-0.05, 0) is 25.1 Å². The molecule has 0 bridgehead atoms. The van der Waals surface area contributed by atoms with Gasteiger partial charge in [0.05, 0.1) is 17.1 Å². The topological polar surface area (TPSA) is 75.6 Å². The minimum absolute atomic E-state index is 0.0328. The number of hydrogen-bond acceptors (Lipinski definition) is 4. The first-order chi connectivity index (χ1) is 8.27. The molecule has 1 rings (SSSR count). The number of ether oxygens (including phenoxy) is 1. The number of nitrogens with one attached hydrogen (secondary N) is 1. The molecule has 0 aliphatic carbocycles. The molecule has 7 heteroatoms. The summed E-state index contributed by atoms with van der Waals surface area (Å²) >= 11 is 5.73. The number of sulfonamides is 1. The quantitative estimate of drug-likeness (QED) is 0.821. The Hall–Kier alpha value is -0.660. The van der Waals surface area contributed by atoms with Crippen LogP contribution in [0.5, 0.6) is 0 Å². The zero-order valence-electron chi connectivity index (χ0n) is 10.2. The SMILES string of the molecule is COCC(C)(O)CNS(=O)(=O)c1cccc(Cl)c1. The van der Waals surface area contributed by atoms with Crippen molar-refractivity contribution in [1.82, 2.24) is 4.72 Å². The third kappa shape index (κ3) is 4.55. The van der Waals surface area contributed by atoms with Gasteiger partial charge in [-0.1, -0.05) is 17.7 Å². The minimum atomic E-state index is -3.68. The second kappa shape index (κ2) is 5.99. The van der Waals surface area contributed by atoms with Crippen molar-refractivity contribution >= 4 is 21.6 Å². The molecule has 0 radical (unpaired) electrons. The number of halogens is 1. The summed E-state index contributed by atoms with van der Waals surface area (Å²) in [4.78, 5) is 0.0585. The average molecular weight is 294 g/mol. The molecule has 0 aromatic heterocycles. The van der Waals surface area contributed by atoms with Crippen LogP contribution in [0, 0.1) is 0 Å². The Bertz CT molecular complexity index is 502. The molecular formula is C11H16ClNO4S. The third-order valence-electron chi connectivity index (χ3n) is 2.20. The normalized spacial score (nSPS) is 15.3. The molecule has 0 amide bonds. The second-order valence-electron chi connectivity index (χ2n) is 4.21. The molecule has 0 fully saturated rings. The lowest BCUT2D eigenvalue weighted by Gasteiger charge is -2.22. The van der Waals surface area contributed by atoms with E-state index in [-0.39, 0.29) is 18.0 Å². The van der Waals surface area contributed by atoms with Crippen molar-refractivity contribution in [2.75, 3.05) is 20.3 Å². The van der Waals surface area contributed by atoms with E-state index in [1.54, 1.807) is 12.1 Å². The molecule has 0 saturated heterocycles. The molecule has 1 aromatic rings. The Morgan fingerprint density at radius 3 is 2.72 bits per heavy atom. The predicted molar refractivity (Wildman–Crippen MR) is 69.1 cm³/mol. The van der Waals surface area contributed by atoms with Gasteiger partial charge in [0.2, 0.25) is 10.0 Å². The lowest BCUT2D eigenvalue weighted by Crippen LogP contribution is -2.43. The summed E-state index contributed by atoms with van der Waals surface area (Å²) in [7, 11) is -2.25. The van der Waals surface area contributed by atoms with Gasteiger partial charge >= 0.3 is 0 Å². The standard InChI is InChI=1S/C11H16ClNO4S/c1-11(14,8-17-2)7-13-18(15,16)10-5-3-4-9(12)6-10/h3-6,13-14H,7-8H2,1-2H3. The van der Waals surface area contributed by atoms with Gasteiger partial charge in [-0.2, -0.15) is 0 Å². The summed E-state index contributed by atoms with van der Waals surface area (Å²) in [6.45, 7) is 1.37. The van der Waals surface area contributed by atoms with Crippen molar-refractivity contribution in [3.8, 4) is 0 Å². The molecule has 0 aliphatic rings. The molecule has 0 heterocycles. The molecule has 1 aromatic carbocycles. The van der Waals surface area contributed by atoms with Gasteiger partial charge < -0.3 is 9.84 Å². The Morgan fingerprint density at radius 2 is 2.17 bits per heavy atom. The Morgan fingerprint density at radius 1 is 1.50 bits per heavy atom. The molecule has 1 atom stereocenters. The van der Waals surface area contributed by atoms with E-state index in [1.807, 2.05) is 0 Å². The van der Waals surface area contributed by atoms with Crippen LogP contribution < -0.4 is 4.72 Å². The predicted octanol–water partition coefficient (Wildman–Crippen LogP) is 1.02. The summed E-state index contributed by atoms with van der Waals surface area (Å²) in [5.41, 5.74) is -1.26. The molecule has 5 nitrogen and oxygen atoms in total. The first-order valence-electron chi connectivity index (χ1n) is 5.23. The number of aliphatic hydroxyl groups is 1. The van der Waals surface area contributed by atoms with E-state index in [0.29, 0.717) is 5.02 Å². The first kappa shape index (κ1) is 15.4. The van der Waals surface area contributed by atoms with E-state index >= 15 is 0 Å². The van der Waals surface area contributed by atoms with Crippen LogP contribution in [0.3, 0.4) is 0 Å². The molecular weight excluding hydrogens is 278 g/mol. The Balaban J connectivity index is 2.78.